The van der Waals surface area contributed by atoms with E-state index in [2.05, 4.69) is 90.0 Å². The molecule has 0 aliphatic carbocycles. The monoisotopic (exact) mass is 420 g/mol. The van der Waals surface area contributed by atoms with Crippen LogP contribution in [0.15, 0.2) is 0 Å². The second-order valence-corrected chi connectivity index (χ2v) is 14.3. The van der Waals surface area contributed by atoms with Gasteiger partial charge in [-0.15, -0.1) is 0 Å². The summed E-state index contributed by atoms with van der Waals surface area (Å²) in [6, 6.07) is 0. The van der Waals surface area contributed by atoms with Crippen LogP contribution in [-0.4, -0.2) is 20.4 Å². The highest BCUT2D eigenvalue weighted by molar-refractivity contribution is 7.90. The molecule has 3 atom stereocenters. The summed E-state index contributed by atoms with van der Waals surface area (Å²) in [5.41, 5.74) is 1.11. The van der Waals surface area contributed by atoms with Crippen molar-refractivity contribution in [3.05, 3.63) is 0 Å². The standard InChI is InChI=1S/C9H20.C8H18O2S.C8H18/c1-6-7-8(2)9(3,4)5;1-7(8(2,3)4)6-11(5,9)10;1-6-7(2)8(3,4)5/h8H,6-7H2,1-5H3;7H,6H2,1-5H3;7H,6H2,1-5H3. The van der Waals surface area contributed by atoms with Gasteiger partial charge in [0, 0.05) is 6.26 Å². The van der Waals surface area contributed by atoms with Crippen molar-refractivity contribution in [2.45, 2.75) is 116 Å². The number of hydrogen-bond acceptors (Lipinski definition) is 2. The Kier molecular flexibility index (Phi) is 15.5. The molecule has 0 amide bonds. The lowest BCUT2D eigenvalue weighted by molar-refractivity contribution is 0.245. The quantitative estimate of drug-likeness (QED) is 0.448. The lowest BCUT2D eigenvalue weighted by Gasteiger charge is -2.26. The van der Waals surface area contributed by atoms with Crippen molar-refractivity contribution >= 4 is 9.84 Å². The molecule has 0 saturated heterocycles. The van der Waals surface area contributed by atoms with E-state index >= 15 is 0 Å². The van der Waals surface area contributed by atoms with Crippen molar-refractivity contribution in [3.8, 4) is 0 Å². The summed E-state index contributed by atoms with van der Waals surface area (Å²) in [5, 5.41) is 0. The zero-order valence-electron chi connectivity index (χ0n) is 22.3. The van der Waals surface area contributed by atoms with Crippen molar-refractivity contribution in [3.63, 3.8) is 0 Å². The van der Waals surface area contributed by atoms with Gasteiger partial charge in [0.2, 0.25) is 0 Å². The highest BCUT2D eigenvalue weighted by Crippen LogP contribution is 2.29. The second kappa shape index (κ2) is 13.3. The van der Waals surface area contributed by atoms with E-state index < -0.39 is 9.84 Å². The summed E-state index contributed by atoms with van der Waals surface area (Å²) in [5.74, 6) is 2.22. The Bertz CT molecular complexity index is 470. The highest BCUT2D eigenvalue weighted by Gasteiger charge is 2.23. The summed E-state index contributed by atoms with van der Waals surface area (Å²) in [4.78, 5) is 0. The van der Waals surface area contributed by atoms with Crippen LogP contribution in [0, 0.1) is 34.0 Å². The first-order valence-corrected chi connectivity index (χ1v) is 13.3. The summed E-state index contributed by atoms with van der Waals surface area (Å²) >= 11 is 0. The van der Waals surface area contributed by atoms with Crippen LogP contribution in [0.5, 0.6) is 0 Å². The van der Waals surface area contributed by atoms with E-state index in [0.29, 0.717) is 10.8 Å². The van der Waals surface area contributed by atoms with Crippen LogP contribution in [0.2, 0.25) is 0 Å². The second-order valence-electron chi connectivity index (χ2n) is 12.1. The van der Waals surface area contributed by atoms with Gasteiger partial charge in [0.1, 0.15) is 9.84 Å². The molecule has 0 aromatic rings. The first-order valence-electron chi connectivity index (χ1n) is 11.3. The Balaban J connectivity index is -0.000000340. The van der Waals surface area contributed by atoms with Crippen LogP contribution in [0.4, 0.5) is 0 Å². The van der Waals surface area contributed by atoms with Gasteiger partial charge < -0.3 is 0 Å². The maximum atomic E-state index is 10.9. The topological polar surface area (TPSA) is 34.1 Å². The molecule has 0 radical (unpaired) electrons. The van der Waals surface area contributed by atoms with Gasteiger partial charge in [-0.1, -0.05) is 116 Å². The molecule has 3 unspecified atom stereocenters. The summed E-state index contributed by atoms with van der Waals surface area (Å²) in [6.45, 7) is 31.1. The fourth-order valence-electron chi connectivity index (χ4n) is 2.18. The zero-order chi connectivity index (χ0) is 23.6. The van der Waals surface area contributed by atoms with Crippen molar-refractivity contribution < 1.29 is 8.42 Å². The van der Waals surface area contributed by atoms with Crippen LogP contribution in [0.1, 0.15) is 116 Å². The maximum Gasteiger partial charge on any atom is 0.147 e. The van der Waals surface area contributed by atoms with Gasteiger partial charge >= 0.3 is 0 Å². The maximum absolute atomic E-state index is 10.9. The Morgan fingerprint density at radius 1 is 0.643 bits per heavy atom. The fourth-order valence-corrected chi connectivity index (χ4v) is 3.59. The lowest BCUT2D eigenvalue weighted by Crippen LogP contribution is -2.24. The van der Waals surface area contributed by atoms with Gasteiger partial charge in [0.25, 0.3) is 0 Å². The van der Waals surface area contributed by atoms with E-state index in [1.807, 2.05) is 6.92 Å². The SMILES string of the molecule is CC(CS(C)(=O)=O)C(C)(C)C.CCC(C)C(C)(C)C.CCCC(C)C(C)(C)C. The third-order valence-electron chi connectivity index (χ3n) is 6.32. The first-order chi connectivity index (χ1) is 12.1. The molecule has 3 heteroatoms. The predicted molar refractivity (Wildman–Crippen MR) is 131 cm³/mol. The first kappa shape index (κ1) is 32.6. The van der Waals surface area contributed by atoms with Crippen LogP contribution in [0.3, 0.4) is 0 Å². The average molecular weight is 421 g/mol. The Morgan fingerprint density at radius 3 is 1.04 bits per heavy atom. The molecule has 0 heterocycles. The van der Waals surface area contributed by atoms with Gasteiger partial charge in [0.05, 0.1) is 5.75 Å². The fraction of sp³-hybridized carbons (Fsp3) is 1.00. The third kappa shape index (κ3) is 20.7. The van der Waals surface area contributed by atoms with Crippen LogP contribution < -0.4 is 0 Å². The zero-order valence-corrected chi connectivity index (χ0v) is 23.1. The Morgan fingerprint density at radius 2 is 0.964 bits per heavy atom. The number of sulfone groups is 1. The minimum Gasteiger partial charge on any atom is -0.229 e. The largest absolute Gasteiger partial charge is 0.229 e. The molecule has 0 spiro atoms. The molecule has 0 rings (SSSR count). The number of rotatable bonds is 5. The summed E-state index contributed by atoms with van der Waals surface area (Å²) in [7, 11) is -2.81. The normalized spacial score (nSPS) is 16.1. The summed E-state index contributed by atoms with van der Waals surface area (Å²) in [6.07, 6.45) is 5.26. The van der Waals surface area contributed by atoms with E-state index in [9.17, 15) is 8.42 Å². The van der Waals surface area contributed by atoms with Crippen LogP contribution >= 0.6 is 0 Å². The van der Waals surface area contributed by atoms with Crippen molar-refractivity contribution in [2.24, 2.45) is 34.0 Å². The van der Waals surface area contributed by atoms with Gasteiger partial charge in [-0.3, -0.25) is 0 Å². The highest BCUT2D eigenvalue weighted by atomic mass is 32.2. The van der Waals surface area contributed by atoms with Crippen molar-refractivity contribution in [1.29, 1.82) is 0 Å². The minimum atomic E-state index is -2.81. The van der Waals surface area contributed by atoms with Gasteiger partial charge in [-0.05, 0) is 34.0 Å². The third-order valence-corrected chi connectivity index (χ3v) is 7.43. The van der Waals surface area contributed by atoms with E-state index in [-0.39, 0.29) is 17.1 Å². The van der Waals surface area contributed by atoms with E-state index in [1.54, 1.807) is 0 Å². The Labute approximate surface area is 180 Å². The van der Waals surface area contributed by atoms with Crippen molar-refractivity contribution in [2.75, 3.05) is 12.0 Å². The smallest absolute Gasteiger partial charge is 0.147 e. The Hall–Kier alpha value is -0.0500. The molecule has 0 aromatic heterocycles. The molecule has 0 aliphatic heterocycles. The molecule has 0 N–H and O–H groups in total. The van der Waals surface area contributed by atoms with Crippen LogP contribution in [-0.2, 0) is 9.84 Å². The molecule has 28 heavy (non-hydrogen) atoms. The molecule has 0 fully saturated rings. The predicted octanol–water partition coefficient (Wildman–Crippen LogP) is 8.26. The molecule has 2 nitrogen and oxygen atoms in total. The molecule has 174 valence electrons. The van der Waals surface area contributed by atoms with Gasteiger partial charge in [-0.25, -0.2) is 8.42 Å². The molecule has 0 saturated carbocycles. The molecular formula is C25H56O2S. The molecule has 0 aliphatic rings. The van der Waals surface area contributed by atoms with Crippen LogP contribution in [0.25, 0.3) is 0 Å². The van der Waals surface area contributed by atoms with Crippen molar-refractivity contribution in [1.82, 2.24) is 0 Å². The van der Waals surface area contributed by atoms with E-state index in [0.717, 1.165) is 11.8 Å². The molecular weight excluding hydrogens is 364 g/mol. The number of hydrogen-bond donors (Lipinski definition) is 0. The minimum absolute atomic E-state index is 0.0864. The lowest BCUT2D eigenvalue weighted by atomic mass is 9.80. The van der Waals surface area contributed by atoms with E-state index in [1.165, 1.54) is 25.5 Å². The average Bonchev–Trinajstić information content (AvgIpc) is 2.43. The molecule has 0 aromatic carbocycles. The van der Waals surface area contributed by atoms with Gasteiger partial charge in [-0.2, -0.15) is 0 Å². The van der Waals surface area contributed by atoms with E-state index in [4.69, 9.17) is 0 Å². The van der Waals surface area contributed by atoms with Gasteiger partial charge in [0.15, 0.2) is 0 Å². The molecule has 0 bridgehead atoms. The summed E-state index contributed by atoms with van der Waals surface area (Å²) < 4.78 is 21.8.